The molecular weight excluding hydrogens is 428 g/mol. The molecule has 0 aliphatic carbocycles. The molecule has 2 rings (SSSR count). The first-order chi connectivity index (χ1) is 15.7. The van der Waals surface area contributed by atoms with E-state index in [4.69, 9.17) is 23.7 Å². The van der Waals surface area contributed by atoms with Crippen molar-refractivity contribution in [2.45, 2.75) is 78.1 Å². The molecule has 1 aromatic rings. The predicted molar refractivity (Wildman–Crippen MR) is 129 cm³/mol. The third kappa shape index (κ3) is 11.3. The van der Waals surface area contributed by atoms with Gasteiger partial charge < -0.3 is 23.7 Å². The van der Waals surface area contributed by atoms with E-state index in [9.17, 15) is 0 Å². The third-order valence-electron chi connectivity index (χ3n) is 5.42. The summed E-state index contributed by atoms with van der Waals surface area (Å²) < 4.78 is 28.8. The van der Waals surface area contributed by atoms with Crippen LogP contribution in [0.4, 0.5) is 0 Å². The van der Waals surface area contributed by atoms with Crippen LogP contribution in [0.15, 0.2) is 0 Å². The summed E-state index contributed by atoms with van der Waals surface area (Å²) in [5.74, 6) is 3.13. The number of rotatable bonds is 8. The highest BCUT2D eigenvalue weighted by Crippen LogP contribution is 2.19. The van der Waals surface area contributed by atoms with Gasteiger partial charge in [0.25, 0.3) is 0 Å². The van der Waals surface area contributed by atoms with Gasteiger partial charge in [-0.05, 0) is 13.3 Å². The number of hydrogen-bond donors (Lipinski definition) is 0. The van der Waals surface area contributed by atoms with Gasteiger partial charge in [-0.25, -0.2) is 4.98 Å². The Morgan fingerprint density at radius 3 is 2.50 bits per heavy atom. The average molecular weight is 471 g/mol. The summed E-state index contributed by atoms with van der Waals surface area (Å²) in [5.41, 5.74) is 1.72. The Kier molecular flexibility index (Phi) is 15.0. The summed E-state index contributed by atoms with van der Waals surface area (Å²) in [6.45, 7) is 7.87. The summed E-state index contributed by atoms with van der Waals surface area (Å²) in [5, 5.41) is 0. The van der Waals surface area contributed by atoms with Crippen molar-refractivity contribution in [1.29, 1.82) is 0 Å². The minimum atomic E-state index is 0.268. The first kappa shape index (κ1) is 27.3. The number of aromatic nitrogens is 2. The lowest BCUT2D eigenvalue weighted by Crippen LogP contribution is -2.20. The van der Waals surface area contributed by atoms with E-state index >= 15 is 0 Å². The molecule has 1 aliphatic heterocycles. The van der Waals surface area contributed by atoms with E-state index in [0.29, 0.717) is 51.3 Å². The number of hydrogen-bond acceptors (Lipinski definition) is 8. The molecule has 0 saturated carbocycles. The molecule has 1 unspecified atom stereocenters. The molecule has 0 saturated heterocycles. The van der Waals surface area contributed by atoms with Gasteiger partial charge in [0, 0.05) is 17.1 Å². The number of methoxy groups -OCH3 is 1. The third-order valence-corrected chi connectivity index (χ3v) is 6.48. The van der Waals surface area contributed by atoms with Gasteiger partial charge in [-0.2, -0.15) is 16.7 Å². The highest BCUT2D eigenvalue weighted by Gasteiger charge is 2.13. The first-order valence-corrected chi connectivity index (χ1v) is 13.2. The van der Waals surface area contributed by atoms with Gasteiger partial charge in [0.15, 0.2) is 5.82 Å². The summed E-state index contributed by atoms with van der Waals surface area (Å²) in [7, 11) is 1.62. The maximum atomic E-state index is 6.18. The van der Waals surface area contributed by atoms with Crippen molar-refractivity contribution in [1.82, 2.24) is 9.97 Å². The number of nitrogens with zero attached hydrogens (tertiary/aromatic N) is 2. The molecule has 0 aromatic carbocycles. The van der Waals surface area contributed by atoms with E-state index in [-0.39, 0.29) is 6.10 Å². The summed E-state index contributed by atoms with van der Waals surface area (Å²) >= 11 is 1.90. The average Bonchev–Trinajstić information content (AvgIpc) is 2.80. The van der Waals surface area contributed by atoms with E-state index in [0.717, 1.165) is 35.8 Å². The molecule has 0 fully saturated rings. The molecule has 1 atom stereocenters. The van der Waals surface area contributed by atoms with E-state index in [1.165, 1.54) is 38.5 Å². The van der Waals surface area contributed by atoms with Crippen LogP contribution in [-0.4, -0.2) is 67.7 Å². The van der Waals surface area contributed by atoms with Gasteiger partial charge in [-0.1, -0.05) is 45.4 Å². The lowest BCUT2D eigenvalue weighted by Gasteiger charge is -2.18. The van der Waals surface area contributed by atoms with Crippen LogP contribution < -0.4 is 4.74 Å². The topological polar surface area (TPSA) is 71.9 Å². The van der Waals surface area contributed by atoms with Crippen molar-refractivity contribution in [2.75, 3.05) is 51.6 Å². The van der Waals surface area contributed by atoms with Crippen LogP contribution in [-0.2, 0) is 32.2 Å². The second kappa shape index (κ2) is 17.5. The molecule has 0 amide bonds. The van der Waals surface area contributed by atoms with Crippen LogP contribution in [0.2, 0.25) is 0 Å². The molecule has 2 bridgehead atoms. The predicted octanol–water partition coefficient (Wildman–Crippen LogP) is 4.73. The molecular formula is C24H42N2O5S. The zero-order chi connectivity index (χ0) is 22.9. The number of thioether (sulfide) groups is 1. The fourth-order valence-electron chi connectivity index (χ4n) is 3.52. The van der Waals surface area contributed by atoms with Crippen molar-refractivity contribution < 1.29 is 23.7 Å². The number of unbranched alkanes of at least 4 members (excludes halogenated alkanes) is 5. The Hall–Kier alpha value is -0.930. The van der Waals surface area contributed by atoms with Gasteiger partial charge in [0.1, 0.15) is 6.61 Å². The molecule has 184 valence electrons. The largest absolute Gasteiger partial charge is 0.481 e. The molecule has 1 aliphatic rings. The summed E-state index contributed by atoms with van der Waals surface area (Å²) in [6, 6.07) is 0. The number of ether oxygens (including phenoxy) is 5. The van der Waals surface area contributed by atoms with Crippen LogP contribution in [0.3, 0.4) is 0 Å². The Bertz CT molecular complexity index is 620. The lowest BCUT2D eigenvalue weighted by atomic mass is 10.1. The van der Waals surface area contributed by atoms with E-state index in [1.807, 2.05) is 18.7 Å². The standard InChI is InChI=1S/C24H42N2O5S/c1-4-5-6-7-8-9-10-21-19-32-16-15-28-11-12-30-18-23-25-22(17-29-13-14-31-21)20(2)24(26-23)27-3/h21H,4-19H2,1-3H3. The van der Waals surface area contributed by atoms with Crippen molar-refractivity contribution in [3.63, 3.8) is 0 Å². The quantitative estimate of drug-likeness (QED) is 0.505. The van der Waals surface area contributed by atoms with Gasteiger partial charge in [0.05, 0.1) is 58.5 Å². The van der Waals surface area contributed by atoms with Crippen molar-refractivity contribution >= 4 is 11.8 Å². The molecule has 0 spiro atoms. The van der Waals surface area contributed by atoms with Crippen LogP contribution in [0.5, 0.6) is 5.88 Å². The lowest BCUT2D eigenvalue weighted by molar-refractivity contribution is 0.00434. The van der Waals surface area contributed by atoms with Crippen LogP contribution in [0, 0.1) is 6.92 Å². The monoisotopic (exact) mass is 470 g/mol. The number of fused-ring (bicyclic) bond motifs is 2. The SMILES string of the molecule is CCCCCCCCC1CSCCOCCOCc2nc(c(C)c(OC)n2)COCCO1. The second-order valence-electron chi connectivity index (χ2n) is 8.06. The van der Waals surface area contributed by atoms with Crippen LogP contribution in [0.1, 0.15) is 69.0 Å². The highest BCUT2D eigenvalue weighted by molar-refractivity contribution is 7.99. The van der Waals surface area contributed by atoms with Gasteiger partial charge in [-0.15, -0.1) is 0 Å². The summed E-state index contributed by atoms with van der Waals surface area (Å²) in [4.78, 5) is 9.04. The van der Waals surface area contributed by atoms with Crippen LogP contribution in [0.25, 0.3) is 0 Å². The molecule has 32 heavy (non-hydrogen) atoms. The molecule has 7 nitrogen and oxygen atoms in total. The van der Waals surface area contributed by atoms with Crippen LogP contribution >= 0.6 is 11.8 Å². The first-order valence-electron chi connectivity index (χ1n) is 12.1. The smallest absolute Gasteiger partial charge is 0.219 e. The zero-order valence-corrected chi connectivity index (χ0v) is 21.1. The second-order valence-corrected chi connectivity index (χ2v) is 9.21. The van der Waals surface area contributed by atoms with Gasteiger partial charge in [0.2, 0.25) is 5.88 Å². The summed E-state index contributed by atoms with van der Waals surface area (Å²) in [6.07, 6.45) is 9.21. The fraction of sp³-hybridized carbons (Fsp3) is 0.833. The van der Waals surface area contributed by atoms with Crippen molar-refractivity contribution in [3.05, 3.63) is 17.1 Å². The normalized spacial score (nSPS) is 19.8. The molecule has 0 radical (unpaired) electrons. The highest BCUT2D eigenvalue weighted by atomic mass is 32.2. The van der Waals surface area contributed by atoms with Gasteiger partial charge in [-0.3, -0.25) is 0 Å². The Balaban J connectivity index is 1.86. The maximum Gasteiger partial charge on any atom is 0.219 e. The molecule has 0 N–H and O–H groups in total. The van der Waals surface area contributed by atoms with E-state index in [2.05, 4.69) is 16.9 Å². The minimum absolute atomic E-state index is 0.268. The van der Waals surface area contributed by atoms with Gasteiger partial charge >= 0.3 is 0 Å². The zero-order valence-electron chi connectivity index (χ0n) is 20.2. The fourth-order valence-corrected chi connectivity index (χ4v) is 4.45. The van der Waals surface area contributed by atoms with Crippen molar-refractivity contribution in [3.8, 4) is 5.88 Å². The van der Waals surface area contributed by atoms with E-state index in [1.54, 1.807) is 7.11 Å². The molecule has 1 aromatic heterocycles. The molecule has 2 heterocycles. The molecule has 8 heteroatoms. The van der Waals surface area contributed by atoms with Crippen molar-refractivity contribution in [2.24, 2.45) is 0 Å². The Labute approximate surface area is 198 Å². The Morgan fingerprint density at radius 1 is 0.906 bits per heavy atom. The van der Waals surface area contributed by atoms with E-state index < -0.39 is 0 Å². The Morgan fingerprint density at radius 2 is 1.66 bits per heavy atom. The maximum absolute atomic E-state index is 6.18. The minimum Gasteiger partial charge on any atom is -0.481 e.